The van der Waals surface area contributed by atoms with Crippen LogP contribution in [0.3, 0.4) is 0 Å². The molecule has 0 aliphatic rings. The lowest BCUT2D eigenvalue weighted by atomic mass is 9.99. The quantitative estimate of drug-likeness (QED) is 0.135. The topological polar surface area (TPSA) is 22.9 Å². The van der Waals surface area contributed by atoms with Gasteiger partial charge in [-0.2, -0.15) is 0 Å². The summed E-state index contributed by atoms with van der Waals surface area (Å²) in [6, 6.07) is 93.7. The molecule has 0 aliphatic heterocycles. The van der Waals surface area contributed by atoms with Crippen molar-refractivity contribution >= 4 is 116 Å². The van der Waals surface area contributed by atoms with Gasteiger partial charge in [-0.15, -0.1) is 0 Å². The van der Waals surface area contributed by atoms with Crippen molar-refractivity contribution in [2.24, 2.45) is 0 Å². The first-order chi connectivity index (χ1) is 33.7. The van der Waals surface area contributed by atoms with Gasteiger partial charge in [0.1, 0.15) is 5.58 Å². The van der Waals surface area contributed by atoms with Gasteiger partial charge in [-0.1, -0.05) is 170 Å². The van der Waals surface area contributed by atoms with Crippen molar-refractivity contribution in [3.05, 3.63) is 261 Å². The summed E-state index contributed by atoms with van der Waals surface area (Å²) in [4.78, 5) is 7.15. The fourth-order valence-corrected chi connectivity index (χ4v) is 10.2. The lowest BCUT2D eigenvalue weighted by Gasteiger charge is -2.30. The van der Waals surface area contributed by atoms with E-state index in [1.807, 2.05) is 0 Å². The molecule has 13 rings (SSSR count). The van der Waals surface area contributed by atoms with E-state index in [0.717, 1.165) is 83.9 Å². The van der Waals surface area contributed by atoms with E-state index in [-0.39, 0.29) is 0 Å². The molecule has 4 nitrogen and oxygen atoms in total. The number of hydrogen-bond donors (Lipinski definition) is 0. The Labute approximate surface area is 394 Å². The number of fused-ring (bicyclic) bond motifs is 8. The van der Waals surface area contributed by atoms with E-state index >= 15 is 0 Å². The average molecular weight is 870 g/mol. The molecule has 68 heavy (non-hydrogen) atoms. The summed E-state index contributed by atoms with van der Waals surface area (Å²) in [7, 11) is 0. The molecule has 0 spiro atoms. The maximum atomic E-state index is 7.21. The summed E-state index contributed by atoms with van der Waals surface area (Å²) in [5, 5.41) is 11.5. The lowest BCUT2D eigenvalue weighted by molar-refractivity contribution is 0.669. The van der Waals surface area contributed by atoms with Crippen LogP contribution in [0, 0.1) is 0 Å². The maximum Gasteiger partial charge on any atom is 0.159 e. The minimum Gasteiger partial charge on any atom is -0.454 e. The number of anilines is 9. The summed E-state index contributed by atoms with van der Waals surface area (Å²) in [6.07, 6.45) is 0. The van der Waals surface area contributed by atoms with Gasteiger partial charge in [0.15, 0.2) is 5.58 Å². The highest BCUT2D eigenvalue weighted by Gasteiger charge is 2.26. The number of benzene rings is 12. The van der Waals surface area contributed by atoms with Crippen LogP contribution in [0.15, 0.2) is 265 Å². The molecule has 0 unspecified atom stereocenters. The van der Waals surface area contributed by atoms with E-state index in [9.17, 15) is 0 Å². The van der Waals surface area contributed by atoms with Crippen LogP contribution in [0.1, 0.15) is 0 Å². The summed E-state index contributed by atoms with van der Waals surface area (Å²) in [6.45, 7) is 0. The molecule has 1 heterocycles. The van der Waals surface area contributed by atoms with E-state index in [1.54, 1.807) is 0 Å². The van der Waals surface area contributed by atoms with E-state index < -0.39 is 0 Å². The van der Waals surface area contributed by atoms with Crippen LogP contribution in [0.4, 0.5) is 51.2 Å². The van der Waals surface area contributed by atoms with Gasteiger partial charge >= 0.3 is 0 Å². The first kappa shape index (κ1) is 39.3. The summed E-state index contributed by atoms with van der Waals surface area (Å²) < 4.78 is 7.21. The van der Waals surface area contributed by atoms with E-state index in [4.69, 9.17) is 4.42 Å². The molecule has 0 atom stereocenters. The van der Waals surface area contributed by atoms with Crippen molar-refractivity contribution in [3.8, 4) is 0 Å². The molecule has 0 bridgehead atoms. The second-order valence-electron chi connectivity index (χ2n) is 17.3. The standard InChI is InChI=1S/C64H43N3O/c1-4-24-48(25-5-1)65(61-40-47-22-13-14-30-54(47)56-32-16-17-33-57(56)61)52-37-38-63-58(41-52)59-42-53(67(50-28-8-3-9-29-50)60-34-18-23-45-20-12-15-31-55(45)60)43-62(64(59)68-63)66(49-26-6-2-7-27-49)51-36-35-44-19-10-11-21-46(44)39-51/h1-43H. The van der Waals surface area contributed by atoms with E-state index in [0.29, 0.717) is 0 Å². The molecule has 0 saturated carbocycles. The third kappa shape index (κ3) is 6.69. The number of rotatable bonds is 9. The highest BCUT2D eigenvalue weighted by Crippen LogP contribution is 2.50. The molecule has 0 fully saturated rings. The molecule has 0 amide bonds. The van der Waals surface area contributed by atoms with Crippen molar-refractivity contribution in [3.63, 3.8) is 0 Å². The van der Waals surface area contributed by atoms with Crippen LogP contribution < -0.4 is 14.7 Å². The molecule has 13 aromatic rings. The minimum absolute atomic E-state index is 0.797. The summed E-state index contributed by atoms with van der Waals surface area (Å²) >= 11 is 0. The Morgan fingerprint density at radius 2 is 0.721 bits per heavy atom. The number of nitrogens with zero attached hydrogens (tertiary/aromatic N) is 3. The van der Waals surface area contributed by atoms with Gasteiger partial charge in [0.05, 0.1) is 17.1 Å². The molecular formula is C64H43N3O. The number of hydrogen-bond acceptors (Lipinski definition) is 4. The Hall–Kier alpha value is -9.12. The van der Waals surface area contributed by atoms with Crippen LogP contribution >= 0.6 is 0 Å². The van der Waals surface area contributed by atoms with Gasteiger partial charge in [-0.3, -0.25) is 0 Å². The number of furan rings is 1. The Morgan fingerprint density at radius 1 is 0.221 bits per heavy atom. The fourth-order valence-electron chi connectivity index (χ4n) is 10.2. The predicted molar refractivity (Wildman–Crippen MR) is 288 cm³/mol. The Balaban J connectivity index is 1.12. The van der Waals surface area contributed by atoms with Gasteiger partial charge in [-0.25, -0.2) is 0 Å². The van der Waals surface area contributed by atoms with Crippen LogP contribution in [0.25, 0.3) is 65.0 Å². The Kier molecular flexibility index (Phi) is 9.47. The SMILES string of the molecule is c1ccc(N(c2cc(N(c3ccccc3)c3ccc4ccccc4c3)c3oc4ccc(N(c5ccccc5)c5cc6ccccc6c6ccccc56)cc4c3c2)c2cccc3ccccc23)cc1. The average Bonchev–Trinajstić information content (AvgIpc) is 3.78. The van der Waals surface area contributed by atoms with Gasteiger partial charge in [0.25, 0.3) is 0 Å². The Morgan fingerprint density at radius 3 is 1.43 bits per heavy atom. The molecular weight excluding hydrogens is 827 g/mol. The van der Waals surface area contributed by atoms with Crippen LogP contribution in [-0.4, -0.2) is 0 Å². The van der Waals surface area contributed by atoms with E-state index in [1.165, 1.54) is 32.3 Å². The minimum atomic E-state index is 0.797. The summed E-state index contributed by atoms with van der Waals surface area (Å²) in [5.41, 5.74) is 10.9. The van der Waals surface area contributed by atoms with Gasteiger partial charge < -0.3 is 19.1 Å². The van der Waals surface area contributed by atoms with Crippen LogP contribution in [-0.2, 0) is 0 Å². The molecule has 0 aliphatic carbocycles. The molecule has 0 saturated heterocycles. The third-order valence-corrected chi connectivity index (χ3v) is 13.3. The molecule has 0 N–H and O–H groups in total. The van der Waals surface area contributed by atoms with Crippen LogP contribution in [0.5, 0.6) is 0 Å². The fraction of sp³-hybridized carbons (Fsp3) is 0. The first-order valence-electron chi connectivity index (χ1n) is 23.2. The Bertz CT molecular complexity index is 3990. The van der Waals surface area contributed by atoms with Crippen molar-refractivity contribution < 1.29 is 4.42 Å². The zero-order valence-corrected chi connectivity index (χ0v) is 37.1. The molecule has 4 heteroatoms. The van der Waals surface area contributed by atoms with Gasteiger partial charge in [0.2, 0.25) is 0 Å². The maximum absolute atomic E-state index is 7.21. The second kappa shape index (κ2) is 16.4. The monoisotopic (exact) mass is 869 g/mol. The van der Waals surface area contributed by atoms with Gasteiger partial charge in [0, 0.05) is 55.7 Å². The lowest BCUT2D eigenvalue weighted by Crippen LogP contribution is -2.14. The highest BCUT2D eigenvalue weighted by atomic mass is 16.3. The van der Waals surface area contributed by atoms with Crippen molar-refractivity contribution in [1.29, 1.82) is 0 Å². The van der Waals surface area contributed by atoms with Crippen molar-refractivity contribution in [2.45, 2.75) is 0 Å². The zero-order valence-electron chi connectivity index (χ0n) is 37.1. The highest BCUT2D eigenvalue weighted by molar-refractivity contribution is 6.17. The third-order valence-electron chi connectivity index (χ3n) is 13.3. The molecule has 1 aromatic heterocycles. The van der Waals surface area contributed by atoms with Crippen molar-refractivity contribution in [1.82, 2.24) is 0 Å². The van der Waals surface area contributed by atoms with E-state index in [2.05, 4.69) is 276 Å². The predicted octanol–water partition coefficient (Wildman–Crippen LogP) is 18.6. The molecule has 320 valence electrons. The largest absolute Gasteiger partial charge is 0.454 e. The normalized spacial score (nSPS) is 11.5. The van der Waals surface area contributed by atoms with Crippen molar-refractivity contribution in [2.75, 3.05) is 14.7 Å². The van der Waals surface area contributed by atoms with Gasteiger partial charge in [-0.05, 0) is 123 Å². The summed E-state index contributed by atoms with van der Waals surface area (Å²) in [5.74, 6) is 0. The molecule has 12 aromatic carbocycles. The second-order valence-corrected chi connectivity index (χ2v) is 17.3. The zero-order chi connectivity index (χ0) is 45.0. The first-order valence-corrected chi connectivity index (χ1v) is 23.2. The molecule has 0 radical (unpaired) electrons. The van der Waals surface area contributed by atoms with Crippen LogP contribution in [0.2, 0.25) is 0 Å². The number of para-hydroxylation sites is 3. The smallest absolute Gasteiger partial charge is 0.159 e.